The Balaban J connectivity index is 2.58. The number of hydrogen-bond donors (Lipinski definition) is 0. The molecule has 1 aliphatic carbocycles. The van der Waals surface area contributed by atoms with Crippen LogP contribution < -0.4 is 0 Å². The van der Waals surface area contributed by atoms with Crippen LogP contribution in [0.25, 0.3) is 0 Å². The van der Waals surface area contributed by atoms with Gasteiger partial charge in [0.2, 0.25) is 0 Å². The zero-order valence-corrected chi connectivity index (χ0v) is 17.1. The molecule has 2 rings (SSSR count). The molecular weight excluding hydrogens is 380 g/mol. The first-order valence-corrected chi connectivity index (χ1v) is 9.28. The first-order chi connectivity index (χ1) is 13.5. The fourth-order valence-corrected chi connectivity index (χ4v) is 3.61. The first-order valence-electron chi connectivity index (χ1n) is 9.28. The number of carbonyl (C=O) groups is 4. The van der Waals surface area contributed by atoms with Gasteiger partial charge < -0.3 is 18.9 Å². The molecule has 8 heteroatoms. The third-order valence-corrected chi connectivity index (χ3v) is 4.88. The van der Waals surface area contributed by atoms with Crippen LogP contribution in [0, 0.1) is 5.92 Å². The van der Waals surface area contributed by atoms with Crippen molar-refractivity contribution < 1.29 is 38.1 Å². The Hall–Kier alpha value is -2.90. The van der Waals surface area contributed by atoms with Gasteiger partial charge in [0, 0.05) is 26.3 Å². The number of esters is 4. The van der Waals surface area contributed by atoms with Crippen LogP contribution in [0.4, 0.5) is 0 Å². The fraction of sp³-hybridized carbons (Fsp3) is 0.524. The SMILES string of the molecule is C=C1C(=O)O[C@H]2[C@H]1[C@@H](OC(C)=O)/C=C(/C)[C@@H](OC(C)=O)CCC(=C)[C@@H]2OC(C)=O. The Morgan fingerprint density at radius 2 is 1.62 bits per heavy atom. The maximum absolute atomic E-state index is 12.3. The topological polar surface area (TPSA) is 105 Å². The Kier molecular flexibility index (Phi) is 7.00. The largest absolute Gasteiger partial charge is 0.458 e. The molecule has 0 aromatic heterocycles. The summed E-state index contributed by atoms with van der Waals surface area (Å²) in [7, 11) is 0. The number of carbonyl (C=O) groups excluding carboxylic acids is 4. The maximum atomic E-state index is 12.3. The van der Waals surface area contributed by atoms with Gasteiger partial charge in [-0.2, -0.15) is 0 Å². The van der Waals surface area contributed by atoms with E-state index < -0.39 is 54.2 Å². The third kappa shape index (κ3) is 5.34. The highest BCUT2D eigenvalue weighted by Crippen LogP contribution is 2.39. The van der Waals surface area contributed by atoms with Crippen LogP contribution in [0.15, 0.2) is 36.0 Å². The third-order valence-electron chi connectivity index (χ3n) is 4.88. The van der Waals surface area contributed by atoms with E-state index in [0.29, 0.717) is 24.0 Å². The van der Waals surface area contributed by atoms with Crippen LogP contribution >= 0.6 is 0 Å². The van der Waals surface area contributed by atoms with E-state index in [1.807, 2.05) is 0 Å². The average Bonchev–Trinajstić information content (AvgIpc) is 2.88. The van der Waals surface area contributed by atoms with Gasteiger partial charge in [-0.25, -0.2) is 4.79 Å². The highest BCUT2D eigenvalue weighted by Gasteiger charge is 2.50. The highest BCUT2D eigenvalue weighted by atomic mass is 16.6. The molecule has 0 aromatic rings. The van der Waals surface area contributed by atoms with Crippen LogP contribution in [-0.2, 0) is 38.1 Å². The van der Waals surface area contributed by atoms with Gasteiger partial charge in [-0.05, 0) is 37.0 Å². The molecule has 29 heavy (non-hydrogen) atoms. The van der Waals surface area contributed by atoms with Gasteiger partial charge in [-0.15, -0.1) is 0 Å². The van der Waals surface area contributed by atoms with Gasteiger partial charge in [0.15, 0.2) is 12.2 Å². The molecule has 0 N–H and O–H groups in total. The van der Waals surface area contributed by atoms with Crippen molar-refractivity contribution in [2.24, 2.45) is 5.92 Å². The molecule has 0 aromatic carbocycles. The number of hydrogen-bond acceptors (Lipinski definition) is 8. The fourth-order valence-electron chi connectivity index (χ4n) is 3.61. The molecule has 2 aliphatic rings. The lowest BCUT2D eigenvalue weighted by Gasteiger charge is -2.33. The molecule has 1 aliphatic heterocycles. The van der Waals surface area contributed by atoms with Crippen molar-refractivity contribution in [2.75, 3.05) is 0 Å². The first kappa shape index (κ1) is 22.4. The lowest BCUT2D eigenvalue weighted by atomic mass is 9.82. The van der Waals surface area contributed by atoms with Gasteiger partial charge in [0.25, 0.3) is 0 Å². The van der Waals surface area contributed by atoms with Crippen LogP contribution in [0.1, 0.15) is 40.5 Å². The van der Waals surface area contributed by atoms with Crippen LogP contribution in [0.2, 0.25) is 0 Å². The average molecular weight is 406 g/mol. The van der Waals surface area contributed by atoms with Crippen molar-refractivity contribution >= 4 is 23.9 Å². The minimum absolute atomic E-state index is 0.0971. The second-order valence-electron chi connectivity index (χ2n) is 7.23. The second kappa shape index (κ2) is 9.07. The highest BCUT2D eigenvalue weighted by molar-refractivity contribution is 5.91. The Bertz CT molecular complexity index is 778. The molecule has 5 atom stereocenters. The standard InChI is InChI=1S/C21H26O8/c1-10-7-8-16(26-13(4)22)11(2)9-17(27-14(5)23)18-12(3)21(25)29-20(18)19(10)28-15(6)24/h9,16-20H,1,3,7-8H2,2,4-6H3/b11-9-/t16-,17-,18+,19-,20-/m0/s1. The van der Waals surface area contributed by atoms with E-state index in [4.69, 9.17) is 18.9 Å². The lowest BCUT2D eigenvalue weighted by Crippen LogP contribution is -2.42. The van der Waals surface area contributed by atoms with Crippen molar-refractivity contribution in [2.45, 2.75) is 65.0 Å². The zero-order valence-electron chi connectivity index (χ0n) is 17.1. The lowest BCUT2D eigenvalue weighted by molar-refractivity contribution is -0.161. The van der Waals surface area contributed by atoms with E-state index in [2.05, 4.69) is 13.2 Å². The zero-order chi connectivity index (χ0) is 21.9. The predicted molar refractivity (Wildman–Crippen MR) is 101 cm³/mol. The van der Waals surface area contributed by atoms with Crippen molar-refractivity contribution in [1.82, 2.24) is 0 Å². The molecule has 0 radical (unpaired) electrons. The molecule has 158 valence electrons. The van der Waals surface area contributed by atoms with Crippen molar-refractivity contribution in [3.8, 4) is 0 Å². The summed E-state index contributed by atoms with van der Waals surface area (Å²) in [5, 5.41) is 0. The second-order valence-corrected chi connectivity index (χ2v) is 7.23. The van der Waals surface area contributed by atoms with Crippen molar-refractivity contribution in [3.05, 3.63) is 36.0 Å². The summed E-state index contributed by atoms with van der Waals surface area (Å²) in [6.07, 6.45) is -1.07. The van der Waals surface area contributed by atoms with Crippen LogP contribution in [0.3, 0.4) is 0 Å². The molecular formula is C21H26O8. The van der Waals surface area contributed by atoms with Crippen LogP contribution in [-0.4, -0.2) is 48.3 Å². The van der Waals surface area contributed by atoms with E-state index in [1.54, 1.807) is 13.0 Å². The van der Waals surface area contributed by atoms with E-state index in [-0.39, 0.29) is 5.57 Å². The monoisotopic (exact) mass is 406 g/mol. The number of rotatable bonds is 3. The van der Waals surface area contributed by atoms with Gasteiger partial charge in [-0.3, -0.25) is 14.4 Å². The smallest absolute Gasteiger partial charge is 0.334 e. The minimum atomic E-state index is -0.955. The van der Waals surface area contributed by atoms with Gasteiger partial charge in [0.05, 0.1) is 5.92 Å². The van der Waals surface area contributed by atoms with Gasteiger partial charge in [0.1, 0.15) is 12.2 Å². The summed E-state index contributed by atoms with van der Waals surface area (Å²) in [5.74, 6) is -3.07. The van der Waals surface area contributed by atoms with Crippen LogP contribution in [0.5, 0.6) is 0 Å². The summed E-state index contributed by atoms with van der Waals surface area (Å²) in [6, 6.07) is 0. The molecule has 0 saturated carbocycles. The van der Waals surface area contributed by atoms with E-state index >= 15 is 0 Å². The molecule has 0 bridgehead atoms. The normalized spacial score (nSPS) is 31.7. The van der Waals surface area contributed by atoms with Gasteiger partial charge in [-0.1, -0.05) is 13.2 Å². The number of ether oxygens (including phenoxy) is 4. The number of fused-ring (bicyclic) bond motifs is 1. The maximum Gasteiger partial charge on any atom is 0.334 e. The summed E-state index contributed by atoms with van der Waals surface area (Å²) in [4.78, 5) is 47.2. The Morgan fingerprint density at radius 3 is 2.17 bits per heavy atom. The van der Waals surface area contributed by atoms with E-state index in [1.165, 1.54) is 20.8 Å². The van der Waals surface area contributed by atoms with E-state index in [9.17, 15) is 19.2 Å². The summed E-state index contributed by atoms with van der Waals surface area (Å²) in [6.45, 7) is 13.3. The predicted octanol–water partition coefficient (Wildman–Crippen LogP) is 2.18. The minimum Gasteiger partial charge on any atom is -0.458 e. The Morgan fingerprint density at radius 1 is 1.03 bits per heavy atom. The molecule has 0 amide bonds. The summed E-state index contributed by atoms with van der Waals surface area (Å²) >= 11 is 0. The summed E-state index contributed by atoms with van der Waals surface area (Å²) in [5.41, 5.74) is 1.24. The molecule has 1 fully saturated rings. The van der Waals surface area contributed by atoms with Crippen molar-refractivity contribution in [3.63, 3.8) is 0 Å². The molecule has 1 saturated heterocycles. The Labute approximate surface area is 169 Å². The molecule has 8 nitrogen and oxygen atoms in total. The molecule has 1 heterocycles. The summed E-state index contributed by atoms with van der Waals surface area (Å²) < 4.78 is 21.7. The van der Waals surface area contributed by atoms with Crippen molar-refractivity contribution in [1.29, 1.82) is 0 Å². The van der Waals surface area contributed by atoms with Gasteiger partial charge >= 0.3 is 23.9 Å². The quantitative estimate of drug-likeness (QED) is 0.304. The van der Waals surface area contributed by atoms with E-state index in [0.717, 1.165) is 0 Å². The molecule has 0 unspecified atom stereocenters. The molecule has 0 spiro atoms.